The van der Waals surface area contributed by atoms with E-state index in [-0.39, 0.29) is 0 Å². The van der Waals surface area contributed by atoms with Crippen molar-refractivity contribution in [3.8, 4) is 0 Å². The maximum Gasteiger partial charge on any atom is 0.00795 e. The third-order valence-electron chi connectivity index (χ3n) is 3.25. The molecule has 1 aliphatic rings. The van der Waals surface area contributed by atoms with Crippen molar-refractivity contribution in [2.24, 2.45) is 5.92 Å². The minimum Gasteiger partial charge on any atom is -0.314 e. The summed E-state index contributed by atoms with van der Waals surface area (Å²) >= 11 is 1.79. The normalized spacial score (nSPS) is 22.2. The topological polar surface area (TPSA) is 12.0 Å². The van der Waals surface area contributed by atoms with Gasteiger partial charge >= 0.3 is 0 Å². The summed E-state index contributed by atoms with van der Waals surface area (Å²) in [5.41, 5.74) is 1.47. The molecule has 0 spiro atoms. The van der Waals surface area contributed by atoms with Gasteiger partial charge < -0.3 is 5.32 Å². The van der Waals surface area contributed by atoms with E-state index in [1.165, 1.54) is 31.4 Å². The van der Waals surface area contributed by atoms with Crippen LogP contribution in [0.4, 0.5) is 0 Å². The lowest BCUT2D eigenvalue weighted by Crippen LogP contribution is -2.32. The molecule has 2 atom stereocenters. The lowest BCUT2D eigenvalue weighted by molar-refractivity contribution is 0.410. The Morgan fingerprint density at radius 2 is 2.44 bits per heavy atom. The molecule has 0 bridgehead atoms. The van der Waals surface area contributed by atoms with Gasteiger partial charge in [0, 0.05) is 6.04 Å². The zero-order valence-electron chi connectivity index (χ0n) is 9.99. The fraction of sp³-hybridized carbons (Fsp3) is 0.571. The van der Waals surface area contributed by atoms with Crippen LogP contribution in [0.5, 0.6) is 0 Å². The first-order chi connectivity index (χ1) is 7.84. The van der Waals surface area contributed by atoms with Crippen LogP contribution in [0.25, 0.3) is 0 Å². The predicted molar refractivity (Wildman–Crippen MR) is 72.0 cm³/mol. The second kappa shape index (κ2) is 6.21. The lowest BCUT2D eigenvalue weighted by Gasteiger charge is -2.21. The number of allylic oxidation sites excluding steroid dienone is 2. The van der Waals surface area contributed by atoms with Crippen molar-refractivity contribution in [3.05, 3.63) is 34.5 Å². The van der Waals surface area contributed by atoms with Crippen LogP contribution in [0.2, 0.25) is 0 Å². The summed E-state index contributed by atoms with van der Waals surface area (Å²) in [6, 6.07) is 2.83. The van der Waals surface area contributed by atoms with Crippen molar-refractivity contribution in [3.63, 3.8) is 0 Å². The molecule has 0 saturated carbocycles. The van der Waals surface area contributed by atoms with Crippen LogP contribution in [0, 0.1) is 5.92 Å². The van der Waals surface area contributed by atoms with E-state index in [1.807, 2.05) is 0 Å². The van der Waals surface area contributed by atoms with Gasteiger partial charge in [-0.15, -0.1) is 0 Å². The first-order valence-electron chi connectivity index (χ1n) is 6.24. The quantitative estimate of drug-likeness (QED) is 0.769. The van der Waals surface area contributed by atoms with E-state index in [1.54, 1.807) is 11.3 Å². The maximum absolute atomic E-state index is 3.66. The molecule has 1 aromatic rings. The Balaban J connectivity index is 1.67. The van der Waals surface area contributed by atoms with Crippen LogP contribution < -0.4 is 5.32 Å². The summed E-state index contributed by atoms with van der Waals surface area (Å²) in [5, 5.41) is 8.07. The molecule has 0 fully saturated rings. The minimum atomic E-state index is 0.598. The van der Waals surface area contributed by atoms with Gasteiger partial charge in [-0.25, -0.2) is 0 Å². The Bertz CT molecular complexity index is 315. The van der Waals surface area contributed by atoms with Gasteiger partial charge in [-0.1, -0.05) is 12.2 Å². The summed E-state index contributed by atoms with van der Waals surface area (Å²) in [6.07, 6.45) is 9.69. The van der Waals surface area contributed by atoms with E-state index >= 15 is 0 Å². The fourth-order valence-corrected chi connectivity index (χ4v) is 2.93. The van der Waals surface area contributed by atoms with Gasteiger partial charge in [-0.05, 0) is 67.5 Å². The van der Waals surface area contributed by atoms with Crippen molar-refractivity contribution in [2.75, 3.05) is 6.54 Å². The summed E-state index contributed by atoms with van der Waals surface area (Å²) < 4.78 is 0. The molecule has 2 rings (SSSR count). The molecule has 16 heavy (non-hydrogen) atoms. The fourth-order valence-electron chi connectivity index (χ4n) is 2.24. The number of rotatable bonds is 5. The van der Waals surface area contributed by atoms with Crippen LogP contribution in [0.1, 0.15) is 31.7 Å². The van der Waals surface area contributed by atoms with Crippen LogP contribution in [0.15, 0.2) is 29.0 Å². The van der Waals surface area contributed by atoms with Gasteiger partial charge in [0.1, 0.15) is 0 Å². The number of hydrogen-bond acceptors (Lipinski definition) is 2. The van der Waals surface area contributed by atoms with Crippen LogP contribution in [0.3, 0.4) is 0 Å². The highest BCUT2D eigenvalue weighted by molar-refractivity contribution is 7.07. The highest BCUT2D eigenvalue weighted by Gasteiger charge is 2.11. The molecular formula is C14H21NS. The molecule has 0 saturated heterocycles. The second-order valence-electron chi connectivity index (χ2n) is 4.80. The summed E-state index contributed by atoms with van der Waals surface area (Å²) in [7, 11) is 0. The van der Waals surface area contributed by atoms with Crippen LogP contribution >= 0.6 is 11.3 Å². The van der Waals surface area contributed by atoms with Gasteiger partial charge in [0.15, 0.2) is 0 Å². The standard InChI is InChI=1S/C14H21NS/c1-12(9-14-7-8-16-11-14)15-10-13-5-3-2-4-6-13/h2-3,7-8,11-13,15H,4-6,9-10H2,1H3. The van der Waals surface area contributed by atoms with Crippen molar-refractivity contribution in [1.82, 2.24) is 5.32 Å². The monoisotopic (exact) mass is 235 g/mol. The minimum absolute atomic E-state index is 0.598. The first-order valence-corrected chi connectivity index (χ1v) is 7.18. The molecule has 0 aliphatic heterocycles. The highest BCUT2D eigenvalue weighted by Crippen LogP contribution is 2.17. The summed E-state index contributed by atoms with van der Waals surface area (Å²) in [5.74, 6) is 0.856. The Morgan fingerprint density at radius 3 is 3.12 bits per heavy atom. The van der Waals surface area contributed by atoms with Crippen molar-refractivity contribution >= 4 is 11.3 Å². The van der Waals surface area contributed by atoms with Gasteiger partial charge in [0.2, 0.25) is 0 Å². The SMILES string of the molecule is CC(Cc1ccsc1)NCC1CC=CCC1. The van der Waals surface area contributed by atoms with E-state index in [2.05, 4.69) is 41.2 Å². The number of hydrogen-bond donors (Lipinski definition) is 1. The van der Waals surface area contributed by atoms with E-state index in [9.17, 15) is 0 Å². The third kappa shape index (κ3) is 3.76. The molecule has 0 aromatic carbocycles. The molecule has 0 amide bonds. The molecule has 2 unspecified atom stereocenters. The Kier molecular flexibility index (Phi) is 4.61. The predicted octanol–water partition coefficient (Wildman–Crippen LogP) is 3.63. The van der Waals surface area contributed by atoms with Gasteiger partial charge in [-0.2, -0.15) is 11.3 Å². The summed E-state index contributed by atoms with van der Waals surface area (Å²) in [4.78, 5) is 0. The molecule has 2 heteroatoms. The largest absolute Gasteiger partial charge is 0.314 e. The van der Waals surface area contributed by atoms with Crippen molar-refractivity contribution < 1.29 is 0 Å². The van der Waals surface area contributed by atoms with Gasteiger partial charge in [0.25, 0.3) is 0 Å². The van der Waals surface area contributed by atoms with E-state index in [0.29, 0.717) is 6.04 Å². The Labute approximate surface area is 103 Å². The summed E-state index contributed by atoms with van der Waals surface area (Å²) in [6.45, 7) is 3.46. The van der Waals surface area contributed by atoms with E-state index in [0.717, 1.165) is 12.3 Å². The van der Waals surface area contributed by atoms with Gasteiger partial charge in [-0.3, -0.25) is 0 Å². The van der Waals surface area contributed by atoms with Crippen LogP contribution in [-0.2, 0) is 6.42 Å². The van der Waals surface area contributed by atoms with Gasteiger partial charge in [0.05, 0.1) is 0 Å². The molecule has 88 valence electrons. The molecule has 1 N–H and O–H groups in total. The van der Waals surface area contributed by atoms with Crippen molar-refractivity contribution in [1.29, 1.82) is 0 Å². The van der Waals surface area contributed by atoms with E-state index < -0.39 is 0 Å². The number of nitrogens with one attached hydrogen (secondary N) is 1. The maximum atomic E-state index is 3.66. The molecule has 0 radical (unpaired) electrons. The molecule has 1 aromatic heterocycles. The first kappa shape index (κ1) is 11.9. The average Bonchev–Trinajstić information content (AvgIpc) is 2.81. The van der Waals surface area contributed by atoms with E-state index in [4.69, 9.17) is 0 Å². The highest BCUT2D eigenvalue weighted by atomic mass is 32.1. The smallest absolute Gasteiger partial charge is 0.00795 e. The molecule has 1 nitrogen and oxygen atoms in total. The molecular weight excluding hydrogens is 214 g/mol. The van der Waals surface area contributed by atoms with Crippen LogP contribution in [-0.4, -0.2) is 12.6 Å². The van der Waals surface area contributed by atoms with Crippen molar-refractivity contribution in [2.45, 2.75) is 38.6 Å². The Hall–Kier alpha value is -0.600. The molecule has 1 aliphatic carbocycles. The lowest BCUT2D eigenvalue weighted by atomic mass is 9.94. The zero-order chi connectivity index (χ0) is 11.2. The third-order valence-corrected chi connectivity index (χ3v) is 3.99. The average molecular weight is 235 g/mol. The molecule has 1 heterocycles. The zero-order valence-corrected chi connectivity index (χ0v) is 10.8. The Morgan fingerprint density at radius 1 is 1.50 bits per heavy atom. The number of thiophene rings is 1. The second-order valence-corrected chi connectivity index (χ2v) is 5.58.